The molecule has 2 N–H and O–H groups in total. The van der Waals surface area contributed by atoms with Gasteiger partial charge in [0.1, 0.15) is 0 Å². The summed E-state index contributed by atoms with van der Waals surface area (Å²) in [4.78, 5) is 36.8. The van der Waals surface area contributed by atoms with Crippen molar-refractivity contribution in [2.75, 3.05) is 12.4 Å². The Morgan fingerprint density at radius 3 is 2.00 bits per heavy atom. The van der Waals surface area contributed by atoms with Crippen molar-refractivity contribution in [1.29, 1.82) is 0 Å². The highest BCUT2D eigenvalue weighted by atomic mass is 16.5. The average Bonchev–Trinajstić information content (AvgIpc) is 2.79. The zero-order valence-electron chi connectivity index (χ0n) is 16.5. The van der Waals surface area contributed by atoms with Crippen molar-refractivity contribution in [3.63, 3.8) is 0 Å². The van der Waals surface area contributed by atoms with E-state index in [0.717, 1.165) is 5.56 Å². The lowest BCUT2D eigenvalue weighted by Gasteiger charge is -2.19. The molecule has 0 aromatic heterocycles. The first-order valence-corrected chi connectivity index (χ1v) is 9.46. The van der Waals surface area contributed by atoms with Crippen molar-refractivity contribution in [3.05, 3.63) is 102 Å². The van der Waals surface area contributed by atoms with Gasteiger partial charge in [0.15, 0.2) is 0 Å². The number of benzene rings is 3. The monoisotopic (exact) mass is 402 g/mol. The van der Waals surface area contributed by atoms with Crippen LogP contribution in [0.25, 0.3) is 0 Å². The third-order valence-electron chi connectivity index (χ3n) is 4.52. The standard InChI is InChI=1S/C24H22N2O4/c1-30-24(29)19-12-14-20(15-13-19)25-22(27)16-21(17-8-4-2-5-9-17)26-23(28)18-10-6-3-7-11-18/h2-15,21H,16H2,1H3,(H,25,27)(H,26,28)/t21-/m1/s1. The zero-order valence-corrected chi connectivity index (χ0v) is 16.5. The van der Waals surface area contributed by atoms with E-state index in [1.807, 2.05) is 36.4 Å². The van der Waals surface area contributed by atoms with E-state index in [-0.39, 0.29) is 18.2 Å². The van der Waals surface area contributed by atoms with Gasteiger partial charge >= 0.3 is 5.97 Å². The zero-order chi connectivity index (χ0) is 21.3. The van der Waals surface area contributed by atoms with Crippen LogP contribution < -0.4 is 10.6 Å². The maximum absolute atomic E-state index is 12.6. The van der Waals surface area contributed by atoms with Gasteiger partial charge in [-0.3, -0.25) is 9.59 Å². The fourth-order valence-electron chi connectivity index (χ4n) is 2.97. The van der Waals surface area contributed by atoms with Gasteiger partial charge in [-0.15, -0.1) is 0 Å². The molecule has 3 rings (SSSR count). The molecule has 2 amide bonds. The van der Waals surface area contributed by atoms with E-state index >= 15 is 0 Å². The van der Waals surface area contributed by atoms with Crippen molar-refractivity contribution in [3.8, 4) is 0 Å². The van der Waals surface area contributed by atoms with Crippen LogP contribution in [0.4, 0.5) is 5.69 Å². The molecule has 0 fully saturated rings. The number of anilines is 1. The van der Waals surface area contributed by atoms with Gasteiger partial charge in [0.2, 0.25) is 5.91 Å². The van der Waals surface area contributed by atoms with Crippen LogP contribution in [-0.4, -0.2) is 24.9 Å². The molecule has 152 valence electrons. The number of methoxy groups -OCH3 is 1. The van der Waals surface area contributed by atoms with Gasteiger partial charge < -0.3 is 15.4 Å². The van der Waals surface area contributed by atoms with Crippen LogP contribution >= 0.6 is 0 Å². The van der Waals surface area contributed by atoms with Gasteiger partial charge in [-0.2, -0.15) is 0 Å². The molecule has 0 saturated carbocycles. The Labute approximate surface area is 174 Å². The van der Waals surface area contributed by atoms with E-state index in [1.54, 1.807) is 48.5 Å². The van der Waals surface area contributed by atoms with E-state index in [4.69, 9.17) is 0 Å². The minimum Gasteiger partial charge on any atom is -0.465 e. The van der Waals surface area contributed by atoms with E-state index in [1.165, 1.54) is 7.11 Å². The van der Waals surface area contributed by atoms with Crippen LogP contribution in [0.2, 0.25) is 0 Å². The normalized spacial score (nSPS) is 11.2. The molecule has 0 heterocycles. The van der Waals surface area contributed by atoms with E-state index < -0.39 is 12.0 Å². The van der Waals surface area contributed by atoms with E-state index in [9.17, 15) is 14.4 Å². The molecule has 6 nitrogen and oxygen atoms in total. The summed E-state index contributed by atoms with van der Waals surface area (Å²) in [6.45, 7) is 0. The third kappa shape index (κ3) is 5.54. The van der Waals surface area contributed by atoms with Crippen molar-refractivity contribution in [1.82, 2.24) is 5.32 Å². The summed E-state index contributed by atoms with van der Waals surface area (Å²) < 4.78 is 4.67. The Morgan fingerprint density at radius 2 is 1.40 bits per heavy atom. The van der Waals surface area contributed by atoms with Gasteiger partial charge in [0, 0.05) is 11.3 Å². The molecular weight excluding hydrogens is 380 g/mol. The van der Waals surface area contributed by atoms with E-state index in [2.05, 4.69) is 15.4 Å². The summed E-state index contributed by atoms with van der Waals surface area (Å²) in [6, 6.07) is 24.1. The Morgan fingerprint density at radius 1 is 0.800 bits per heavy atom. The minimum absolute atomic E-state index is 0.0569. The number of hydrogen-bond acceptors (Lipinski definition) is 4. The number of nitrogens with one attached hydrogen (secondary N) is 2. The van der Waals surface area contributed by atoms with Crippen molar-refractivity contribution >= 4 is 23.5 Å². The highest BCUT2D eigenvalue weighted by Crippen LogP contribution is 2.19. The lowest BCUT2D eigenvalue weighted by Crippen LogP contribution is -2.31. The quantitative estimate of drug-likeness (QED) is 0.586. The summed E-state index contributed by atoms with van der Waals surface area (Å²) in [5.74, 6) is -0.955. The molecule has 0 aliphatic heterocycles. The Balaban J connectivity index is 1.70. The summed E-state index contributed by atoms with van der Waals surface area (Å²) in [6.07, 6.45) is 0.0569. The number of carbonyl (C=O) groups excluding carboxylic acids is 3. The molecule has 0 aliphatic carbocycles. The SMILES string of the molecule is COC(=O)c1ccc(NC(=O)C[C@@H](NC(=O)c2ccccc2)c2ccccc2)cc1. The van der Waals surface area contributed by atoms with Crippen LogP contribution in [0.5, 0.6) is 0 Å². The Kier molecular flexibility index (Phi) is 6.95. The van der Waals surface area contributed by atoms with Gasteiger partial charge in [-0.05, 0) is 42.0 Å². The molecule has 0 radical (unpaired) electrons. The lowest BCUT2D eigenvalue weighted by molar-refractivity contribution is -0.116. The minimum atomic E-state index is -0.492. The molecular formula is C24H22N2O4. The molecule has 3 aromatic carbocycles. The summed E-state index contributed by atoms with van der Waals surface area (Å²) in [5, 5.41) is 5.73. The maximum atomic E-state index is 12.6. The fraction of sp³-hybridized carbons (Fsp3) is 0.125. The first-order chi connectivity index (χ1) is 14.6. The molecule has 0 saturated heterocycles. The summed E-state index contributed by atoms with van der Waals surface area (Å²) in [5.41, 5.74) is 2.30. The molecule has 3 aromatic rings. The average molecular weight is 402 g/mol. The van der Waals surface area contributed by atoms with Crippen LogP contribution in [0.15, 0.2) is 84.9 Å². The second-order valence-electron chi connectivity index (χ2n) is 6.62. The van der Waals surface area contributed by atoms with Crippen molar-refractivity contribution in [2.24, 2.45) is 0 Å². The fourth-order valence-corrected chi connectivity index (χ4v) is 2.97. The summed E-state index contributed by atoms with van der Waals surface area (Å²) in [7, 11) is 1.31. The summed E-state index contributed by atoms with van der Waals surface area (Å²) >= 11 is 0. The van der Waals surface area contributed by atoms with Crippen LogP contribution in [0.3, 0.4) is 0 Å². The van der Waals surface area contributed by atoms with Crippen LogP contribution in [0.1, 0.15) is 38.7 Å². The molecule has 0 unspecified atom stereocenters. The molecule has 0 spiro atoms. The van der Waals surface area contributed by atoms with Crippen molar-refractivity contribution < 1.29 is 19.1 Å². The highest BCUT2D eigenvalue weighted by Gasteiger charge is 2.19. The second-order valence-corrected chi connectivity index (χ2v) is 6.62. The Bertz CT molecular complexity index is 1000. The van der Waals surface area contributed by atoms with Crippen LogP contribution in [-0.2, 0) is 9.53 Å². The smallest absolute Gasteiger partial charge is 0.337 e. The number of rotatable bonds is 7. The van der Waals surface area contributed by atoms with Gasteiger partial charge in [0.25, 0.3) is 5.91 Å². The molecule has 6 heteroatoms. The molecule has 0 bridgehead atoms. The first kappa shape index (κ1) is 20.8. The predicted molar refractivity (Wildman–Crippen MR) is 114 cm³/mol. The topological polar surface area (TPSA) is 84.5 Å². The number of hydrogen-bond donors (Lipinski definition) is 2. The number of amides is 2. The van der Waals surface area contributed by atoms with Gasteiger partial charge in [0.05, 0.1) is 25.1 Å². The molecule has 1 atom stereocenters. The molecule has 0 aliphatic rings. The van der Waals surface area contributed by atoms with E-state index in [0.29, 0.717) is 16.8 Å². The Hall–Kier alpha value is -3.93. The first-order valence-electron chi connectivity index (χ1n) is 9.46. The maximum Gasteiger partial charge on any atom is 0.337 e. The largest absolute Gasteiger partial charge is 0.465 e. The predicted octanol–water partition coefficient (Wildman–Crippen LogP) is 3.97. The van der Waals surface area contributed by atoms with Crippen molar-refractivity contribution in [2.45, 2.75) is 12.5 Å². The lowest BCUT2D eigenvalue weighted by atomic mass is 10.0. The van der Waals surface area contributed by atoms with Crippen LogP contribution in [0, 0.1) is 0 Å². The third-order valence-corrected chi connectivity index (χ3v) is 4.52. The van der Waals surface area contributed by atoms with Gasteiger partial charge in [-0.25, -0.2) is 4.79 Å². The number of esters is 1. The second kappa shape index (κ2) is 10.0. The number of ether oxygens (including phenoxy) is 1. The molecule has 30 heavy (non-hydrogen) atoms. The number of carbonyl (C=O) groups is 3. The highest BCUT2D eigenvalue weighted by molar-refractivity contribution is 5.96. The van der Waals surface area contributed by atoms with Gasteiger partial charge in [-0.1, -0.05) is 48.5 Å².